The quantitative estimate of drug-likeness (QED) is 0.189. The fourth-order valence-electron chi connectivity index (χ4n) is 6.44. The highest BCUT2D eigenvalue weighted by Gasteiger charge is 2.39. The molecule has 4 aromatic carbocycles. The Morgan fingerprint density at radius 1 is 0.826 bits per heavy atom. The van der Waals surface area contributed by atoms with Crippen LogP contribution in [0.15, 0.2) is 109 Å². The lowest BCUT2D eigenvalue weighted by Gasteiger charge is -2.28. The molecule has 46 heavy (non-hydrogen) atoms. The van der Waals surface area contributed by atoms with E-state index in [1.165, 1.54) is 16.7 Å². The maximum absolute atomic E-state index is 13.6. The van der Waals surface area contributed by atoms with Crippen LogP contribution >= 0.6 is 11.8 Å². The number of carbonyl (C=O) groups excluding carboxylic acids is 2. The van der Waals surface area contributed by atoms with Crippen LogP contribution in [0, 0.1) is 0 Å². The molecule has 0 spiro atoms. The second kappa shape index (κ2) is 14.2. The molecule has 0 bridgehead atoms. The average Bonchev–Trinajstić information content (AvgIpc) is 3.71. The molecule has 1 saturated heterocycles. The molecule has 3 atom stereocenters. The number of hydrogen-bond donors (Lipinski definition) is 3. The van der Waals surface area contributed by atoms with Crippen LogP contribution in [0.2, 0.25) is 0 Å². The van der Waals surface area contributed by atoms with Gasteiger partial charge in [0.15, 0.2) is 6.10 Å². The lowest BCUT2D eigenvalue weighted by molar-refractivity contribution is -0.148. The van der Waals surface area contributed by atoms with E-state index in [9.17, 15) is 24.6 Å². The van der Waals surface area contributed by atoms with Gasteiger partial charge in [0.05, 0.1) is 11.3 Å². The van der Waals surface area contributed by atoms with Crippen LogP contribution in [-0.2, 0) is 14.3 Å². The molecular formula is C37H36N2O6S. The molecule has 4 aromatic rings. The van der Waals surface area contributed by atoms with Crippen LogP contribution < -0.4 is 5.32 Å². The van der Waals surface area contributed by atoms with Crippen molar-refractivity contribution in [3.63, 3.8) is 0 Å². The van der Waals surface area contributed by atoms with E-state index < -0.39 is 36.2 Å². The zero-order valence-electron chi connectivity index (χ0n) is 25.2. The number of thioether (sulfide) groups is 1. The van der Waals surface area contributed by atoms with Gasteiger partial charge in [0.1, 0.15) is 12.6 Å². The van der Waals surface area contributed by atoms with Crippen molar-refractivity contribution in [2.45, 2.75) is 42.2 Å². The van der Waals surface area contributed by atoms with Gasteiger partial charge in [-0.25, -0.2) is 9.59 Å². The monoisotopic (exact) mass is 636 g/mol. The van der Waals surface area contributed by atoms with Crippen molar-refractivity contribution in [1.82, 2.24) is 10.2 Å². The first-order chi connectivity index (χ1) is 22.4. The van der Waals surface area contributed by atoms with E-state index in [0.717, 1.165) is 33.4 Å². The van der Waals surface area contributed by atoms with Gasteiger partial charge in [-0.15, -0.1) is 11.8 Å². The zero-order chi connectivity index (χ0) is 32.0. The predicted molar refractivity (Wildman–Crippen MR) is 178 cm³/mol. The number of aliphatic hydroxyl groups excluding tert-OH is 1. The molecule has 1 aliphatic carbocycles. The standard InChI is InChI=1S/C37H36N2O6S/c40-33(36(42)43)31(23-46-34(24-12-3-1-4-13-24)25-14-5-2-6-15-25)38-35(41)32-20-11-21-39(32)37(44)45-22-30-28-18-9-7-16-26(28)27-17-8-10-19-29(27)30/h1-10,12-19,30-34,40H,11,20-23H2,(H,38,41)(H,42,43)/t31-,32-,33+/m0/s1. The van der Waals surface area contributed by atoms with Crippen molar-refractivity contribution in [2.24, 2.45) is 0 Å². The summed E-state index contributed by atoms with van der Waals surface area (Å²) in [6.07, 6.45) is -1.39. The first-order valence-corrected chi connectivity index (χ1v) is 16.5. The topological polar surface area (TPSA) is 116 Å². The molecule has 0 aromatic heterocycles. The summed E-state index contributed by atoms with van der Waals surface area (Å²) < 4.78 is 5.83. The van der Waals surface area contributed by atoms with Gasteiger partial charge < -0.3 is 20.3 Å². The number of aliphatic hydroxyl groups is 1. The van der Waals surface area contributed by atoms with Crippen molar-refractivity contribution >= 4 is 29.7 Å². The fraction of sp³-hybridized carbons (Fsp3) is 0.270. The largest absolute Gasteiger partial charge is 0.479 e. The summed E-state index contributed by atoms with van der Waals surface area (Å²) in [4.78, 5) is 40.3. The Morgan fingerprint density at radius 3 is 1.93 bits per heavy atom. The van der Waals surface area contributed by atoms with E-state index >= 15 is 0 Å². The number of carbonyl (C=O) groups is 3. The summed E-state index contributed by atoms with van der Waals surface area (Å²) in [5.74, 6) is -1.92. The lowest BCUT2D eigenvalue weighted by atomic mass is 9.98. The minimum atomic E-state index is -1.83. The van der Waals surface area contributed by atoms with Gasteiger partial charge in [-0.2, -0.15) is 0 Å². The smallest absolute Gasteiger partial charge is 0.410 e. The van der Waals surface area contributed by atoms with Crippen molar-refractivity contribution in [1.29, 1.82) is 0 Å². The molecule has 6 rings (SSSR count). The molecule has 0 unspecified atom stereocenters. The summed E-state index contributed by atoms with van der Waals surface area (Å²) >= 11 is 1.44. The lowest BCUT2D eigenvalue weighted by Crippen LogP contribution is -2.54. The van der Waals surface area contributed by atoms with E-state index in [1.807, 2.05) is 97.1 Å². The second-order valence-electron chi connectivity index (χ2n) is 11.6. The zero-order valence-corrected chi connectivity index (χ0v) is 26.0. The molecule has 8 nitrogen and oxygen atoms in total. The minimum absolute atomic E-state index is 0.111. The molecule has 236 valence electrons. The number of aliphatic carboxylic acids is 1. The molecular weight excluding hydrogens is 600 g/mol. The number of rotatable bonds is 11. The summed E-state index contributed by atoms with van der Waals surface area (Å²) in [7, 11) is 0. The number of amides is 2. The average molecular weight is 637 g/mol. The predicted octanol–water partition coefficient (Wildman–Crippen LogP) is 5.85. The van der Waals surface area contributed by atoms with Crippen LogP contribution in [0.1, 0.15) is 46.3 Å². The number of hydrogen-bond acceptors (Lipinski definition) is 6. The number of nitrogens with zero attached hydrogens (tertiary/aromatic N) is 1. The van der Waals surface area contributed by atoms with Gasteiger partial charge in [0, 0.05) is 18.2 Å². The number of benzene rings is 4. The van der Waals surface area contributed by atoms with Gasteiger partial charge >= 0.3 is 12.1 Å². The van der Waals surface area contributed by atoms with E-state index in [-0.39, 0.29) is 23.5 Å². The normalized spacial score (nSPS) is 16.8. The Balaban J connectivity index is 1.13. The highest BCUT2D eigenvalue weighted by atomic mass is 32.2. The molecule has 0 saturated carbocycles. The molecule has 3 N–H and O–H groups in total. The van der Waals surface area contributed by atoms with E-state index in [1.54, 1.807) is 0 Å². The third kappa shape index (κ3) is 6.66. The highest BCUT2D eigenvalue weighted by Crippen LogP contribution is 2.44. The molecule has 9 heteroatoms. The Kier molecular flexibility index (Phi) is 9.71. The number of ether oxygens (including phenoxy) is 1. The van der Waals surface area contributed by atoms with Crippen LogP contribution in [0.25, 0.3) is 11.1 Å². The van der Waals surface area contributed by atoms with Gasteiger partial charge in [-0.1, -0.05) is 109 Å². The van der Waals surface area contributed by atoms with Gasteiger partial charge in [-0.05, 0) is 46.2 Å². The number of carboxylic acids is 1. The van der Waals surface area contributed by atoms with Gasteiger partial charge in [-0.3, -0.25) is 9.69 Å². The van der Waals surface area contributed by atoms with Crippen LogP contribution in [-0.4, -0.2) is 70.2 Å². The summed E-state index contributed by atoms with van der Waals surface area (Å²) in [6, 6.07) is 33.9. The minimum Gasteiger partial charge on any atom is -0.479 e. The first-order valence-electron chi connectivity index (χ1n) is 15.5. The first kappa shape index (κ1) is 31.4. The van der Waals surface area contributed by atoms with Crippen LogP contribution in [0.5, 0.6) is 0 Å². The maximum atomic E-state index is 13.6. The van der Waals surface area contributed by atoms with E-state index in [2.05, 4.69) is 17.4 Å². The third-order valence-electron chi connectivity index (χ3n) is 8.73. The molecule has 1 heterocycles. The summed E-state index contributed by atoms with van der Waals surface area (Å²) in [6.45, 7) is 0.481. The second-order valence-corrected chi connectivity index (χ2v) is 12.7. The molecule has 2 aliphatic rings. The molecule has 2 amide bonds. The highest BCUT2D eigenvalue weighted by molar-refractivity contribution is 7.99. The number of fused-ring (bicyclic) bond motifs is 3. The fourth-order valence-corrected chi connectivity index (χ4v) is 7.80. The van der Waals surface area contributed by atoms with Gasteiger partial charge in [0.2, 0.25) is 5.91 Å². The van der Waals surface area contributed by atoms with Crippen LogP contribution in [0.4, 0.5) is 4.79 Å². The summed E-state index contributed by atoms with van der Waals surface area (Å²) in [5.41, 5.74) is 6.48. The van der Waals surface area contributed by atoms with E-state index in [0.29, 0.717) is 19.4 Å². The number of likely N-dealkylation sites (tertiary alicyclic amines) is 1. The SMILES string of the molecule is O=C(O)[C@H](O)[C@H](CSC(c1ccccc1)c1ccccc1)NC(=O)[C@@H]1CCCN1C(=O)OCC1c2ccccc2-c2ccccc21. The Morgan fingerprint density at radius 2 is 1.37 bits per heavy atom. The van der Waals surface area contributed by atoms with Gasteiger partial charge in [0.25, 0.3) is 0 Å². The Hall–Kier alpha value is -4.60. The molecule has 1 aliphatic heterocycles. The molecule has 1 fully saturated rings. The maximum Gasteiger partial charge on any atom is 0.410 e. The van der Waals surface area contributed by atoms with Crippen LogP contribution in [0.3, 0.4) is 0 Å². The third-order valence-corrected chi connectivity index (χ3v) is 10.2. The number of carboxylic acid groups (broad SMARTS) is 1. The van der Waals surface area contributed by atoms with Crippen molar-refractivity contribution in [2.75, 3.05) is 18.9 Å². The number of nitrogens with one attached hydrogen (secondary N) is 1. The van der Waals surface area contributed by atoms with E-state index in [4.69, 9.17) is 4.74 Å². The van der Waals surface area contributed by atoms with Crippen molar-refractivity contribution in [3.05, 3.63) is 131 Å². The summed E-state index contributed by atoms with van der Waals surface area (Å²) in [5, 5.41) is 22.9. The Labute approximate surface area is 272 Å². The van der Waals surface area contributed by atoms with Crippen molar-refractivity contribution in [3.8, 4) is 11.1 Å². The molecule has 0 radical (unpaired) electrons. The van der Waals surface area contributed by atoms with Crippen molar-refractivity contribution < 1.29 is 29.3 Å². The Bertz CT molecular complexity index is 1600.